The molecule has 0 spiro atoms. The minimum absolute atomic E-state index is 0.0897. The van der Waals surface area contributed by atoms with Crippen LogP contribution in [0.2, 0.25) is 0 Å². The number of thiazole rings is 1. The molecular formula is C12H16N2O4S. The molecule has 0 aliphatic carbocycles. The van der Waals surface area contributed by atoms with Gasteiger partial charge in [-0.05, 0) is 7.05 Å². The summed E-state index contributed by atoms with van der Waals surface area (Å²) in [7, 11) is 3.27. The smallest absolute Gasteiger partial charge is 0.358 e. The van der Waals surface area contributed by atoms with Gasteiger partial charge in [-0.1, -0.05) is 0 Å². The molecule has 0 radical (unpaired) electrons. The molecule has 0 N–H and O–H groups in total. The lowest BCUT2D eigenvalue weighted by Gasteiger charge is -2.28. The van der Waals surface area contributed by atoms with E-state index in [4.69, 9.17) is 4.74 Å². The minimum atomic E-state index is -0.586. The molecule has 104 valence electrons. The van der Waals surface area contributed by atoms with E-state index in [1.807, 2.05) is 7.05 Å². The van der Waals surface area contributed by atoms with Crippen molar-refractivity contribution in [2.45, 2.75) is 13.0 Å². The van der Waals surface area contributed by atoms with E-state index in [1.54, 1.807) is 0 Å². The Balaban J connectivity index is 2.31. The molecule has 1 fully saturated rings. The van der Waals surface area contributed by atoms with Gasteiger partial charge in [0.25, 0.3) is 0 Å². The highest BCUT2D eigenvalue weighted by Crippen LogP contribution is 2.29. The Morgan fingerprint density at radius 2 is 2.26 bits per heavy atom. The van der Waals surface area contributed by atoms with E-state index in [9.17, 15) is 9.59 Å². The summed E-state index contributed by atoms with van der Waals surface area (Å²) in [6.45, 7) is 3.60. The number of hydrogen-bond acceptors (Lipinski definition) is 7. The van der Waals surface area contributed by atoms with Crippen LogP contribution in [0.15, 0.2) is 0 Å². The SMILES string of the molecule is COC(=O)c1nc(C2CN(C)CCO2)sc1C(C)=O. The van der Waals surface area contributed by atoms with Crippen LogP contribution in [0.1, 0.15) is 38.2 Å². The molecule has 1 unspecified atom stereocenters. The van der Waals surface area contributed by atoms with Crippen LogP contribution in [-0.4, -0.2) is 55.5 Å². The Morgan fingerprint density at radius 1 is 1.53 bits per heavy atom. The van der Waals surface area contributed by atoms with Gasteiger partial charge >= 0.3 is 5.97 Å². The van der Waals surface area contributed by atoms with Gasteiger partial charge in [-0.25, -0.2) is 9.78 Å². The zero-order valence-corrected chi connectivity index (χ0v) is 12.0. The summed E-state index contributed by atoms with van der Waals surface area (Å²) >= 11 is 1.21. The maximum atomic E-state index is 11.6. The van der Waals surface area contributed by atoms with E-state index in [2.05, 4.69) is 14.6 Å². The monoisotopic (exact) mass is 284 g/mol. The number of ketones is 1. The van der Waals surface area contributed by atoms with Crippen molar-refractivity contribution in [3.63, 3.8) is 0 Å². The second kappa shape index (κ2) is 5.77. The van der Waals surface area contributed by atoms with Crippen molar-refractivity contribution in [1.29, 1.82) is 0 Å². The van der Waals surface area contributed by atoms with Gasteiger partial charge in [0.1, 0.15) is 16.0 Å². The van der Waals surface area contributed by atoms with Crippen molar-refractivity contribution in [2.24, 2.45) is 0 Å². The van der Waals surface area contributed by atoms with Crippen LogP contribution in [0.5, 0.6) is 0 Å². The second-order valence-corrected chi connectivity index (χ2v) is 5.43. The van der Waals surface area contributed by atoms with Crippen LogP contribution in [-0.2, 0) is 9.47 Å². The topological polar surface area (TPSA) is 68.7 Å². The summed E-state index contributed by atoms with van der Waals surface area (Å²) in [6.07, 6.45) is -0.194. The third-order valence-corrected chi connectivity index (χ3v) is 4.14. The van der Waals surface area contributed by atoms with Gasteiger partial charge in [0.15, 0.2) is 11.5 Å². The molecule has 0 bridgehead atoms. The summed E-state index contributed by atoms with van der Waals surface area (Å²) in [5.74, 6) is -0.773. The molecule has 1 aromatic heterocycles. The molecule has 1 aliphatic rings. The van der Waals surface area contributed by atoms with E-state index in [-0.39, 0.29) is 17.6 Å². The quantitative estimate of drug-likeness (QED) is 0.612. The molecule has 1 saturated heterocycles. The summed E-state index contributed by atoms with van der Waals surface area (Å²) in [6, 6.07) is 0. The first kappa shape index (κ1) is 14.1. The molecule has 0 aromatic carbocycles. The first-order valence-electron chi connectivity index (χ1n) is 5.93. The maximum absolute atomic E-state index is 11.6. The van der Waals surface area contributed by atoms with Crippen molar-refractivity contribution in [2.75, 3.05) is 33.9 Å². The van der Waals surface area contributed by atoms with Gasteiger partial charge in [-0.2, -0.15) is 0 Å². The van der Waals surface area contributed by atoms with Gasteiger partial charge in [0, 0.05) is 20.0 Å². The van der Waals surface area contributed by atoms with Crippen molar-refractivity contribution in [1.82, 2.24) is 9.88 Å². The predicted molar refractivity (Wildman–Crippen MR) is 69.6 cm³/mol. The normalized spacial score (nSPS) is 20.3. The van der Waals surface area contributed by atoms with Gasteiger partial charge in [0.2, 0.25) is 0 Å². The highest BCUT2D eigenvalue weighted by molar-refractivity contribution is 7.14. The Kier molecular flexibility index (Phi) is 4.28. The van der Waals surface area contributed by atoms with Crippen molar-refractivity contribution in [3.8, 4) is 0 Å². The van der Waals surface area contributed by atoms with Crippen LogP contribution in [0, 0.1) is 0 Å². The number of aromatic nitrogens is 1. The van der Waals surface area contributed by atoms with Crippen LogP contribution >= 0.6 is 11.3 Å². The second-order valence-electron chi connectivity index (χ2n) is 4.40. The Hall–Kier alpha value is -1.31. The first-order chi connectivity index (χ1) is 9.02. The average Bonchev–Trinajstić information content (AvgIpc) is 2.83. The fourth-order valence-corrected chi connectivity index (χ4v) is 2.86. The van der Waals surface area contributed by atoms with Crippen molar-refractivity contribution >= 4 is 23.1 Å². The molecule has 2 rings (SSSR count). The van der Waals surface area contributed by atoms with Gasteiger partial charge in [-0.15, -0.1) is 11.3 Å². The highest BCUT2D eigenvalue weighted by Gasteiger charge is 2.28. The molecule has 1 aliphatic heterocycles. The van der Waals surface area contributed by atoms with Crippen molar-refractivity contribution < 1.29 is 19.1 Å². The Labute approximate surface area is 115 Å². The van der Waals surface area contributed by atoms with Gasteiger partial charge < -0.3 is 14.4 Å². The number of rotatable bonds is 3. The number of nitrogens with zero attached hydrogens (tertiary/aromatic N) is 2. The molecule has 0 saturated carbocycles. The largest absolute Gasteiger partial charge is 0.464 e. The molecule has 7 heteroatoms. The molecule has 0 amide bonds. The lowest BCUT2D eigenvalue weighted by molar-refractivity contribution is -0.0210. The zero-order chi connectivity index (χ0) is 14.0. The number of likely N-dealkylation sites (N-methyl/N-ethyl adjacent to an activating group) is 1. The molecule has 1 aromatic rings. The molecule has 1 atom stereocenters. The minimum Gasteiger partial charge on any atom is -0.464 e. The Bertz CT molecular complexity index is 500. The molecular weight excluding hydrogens is 268 g/mol. The van der Waals surface area contributed by atoms with Crippen LogP contribution in [0.4, 0.5) is 0 Å². The fraction of sp³-hybridized carbons (Fsp3) is 0.583. The number of carbonyl (C=O) groups is 2. The Morgan fingerprint density at radius 3 is 2.84 bits per heavy atom. The van der Waals surface area contributed by atoms with Crippen LogP contribution < -0.4 is 0 Å². The van der Waals surface area contributed by atoms with Gasteiger partial charge in [-0.3, -0.25) is 4.79 Å². The number of morpholine rings is 1. The summed E-state index contributed by atoms with van der Waals surface area (Å²) in [4.78, 5) is 29.9. The van der Waals surface area contributed by atoms with E-state index >= 15 is 0 Å². The van der Waals surface area contributed by atoms with E-state index in [0.29, 0.717) is 23.0 Å². The third kappa shape index (κ3) is 2.99. The van der Waals surface area contributed by atoms with E-state index in [1.165, 1.54) is 25.4 Å². The summed E-state index contributed by atoms with van der Waals surface area (Å²) in [5.41, 5.74) is 0.0897. The number of methoxy groups -OCH3 is 1. The number of carbonyl (C=O) groups excluding carboxylic acids is 2. The number of esters is 1. The van der Waals surface area contributed by atoms with Gasteiger partial charge in [0.05, 0.1) is 13.7 Å². The van der Waals surface area contributed by atoms with Crippen LogP contribution in [0.3, 0.4) is 0 Å². The molecule has 19 heavy (non-hydrogen) atoms. The van der Waals surface area contributed by atoms with Crippen LogP contribution in [0.25, 0.3) is 0 Å². The lowest BCUT2D eigenvalue weighted by atomic mass is 10.2. The molecule has 2 heterocycles. The predicted octanol–water partition coefficient (Wildman–Crippen LogP) is 1.14. The number of hydrogen-bond donors (Lipinski definition) is 0. The lowest BCUT2D eigenvalue weighted by Crippen LogP contribution is -2.35. The van der Waals surface area contributed by atoms with E-state index in [0.717, 1.165) is 6.54 Å². The third-order valence-electron chi connectivity index (χ3n) is 2.89. The number of ether oxygens (including phenoxy) is 2. The fourth-order valence-electron chi connectivity index (χ4n) is 1.88. The summed E-state index contributed by atoms with van der Waals surface area (Å²) < 4.78 is 10.3. The highest BCUT2D eigenvalue weighted by atomic mass is 32.1. The zero-order valence-electron chi connectivity index (χ0n) is 11.1. The summed E-state index contributed by atoms with van der Waals surface area (Å²) in [5, 5.41) is 0.650. The average molecular weight is 284 g/mol. The van der Waals surface area contributed by atoms with E-state index < -0.39 is 5.97 Å². The first-order valence-corrected chi connectivity index (χ1v) is 6.74. The standard InChI is InChI=1S/C12H16N2O4S/c1-7(15)10-9(12(16)17-3)13-11(19-10)8-6-14(2)4-5-18-8/h8H,4-6H2,1-3H3. The van der Waals surface area contributed by atoms with Crippen molar-refractivity contribution in [3.05, 3.63) is 15.6 Å². The number of Topliss-reactive ketones (excluding diaryl/α,β-unsaturated/α-hetero) is 1. The maximum Gasteiger partial charge on any atom is 0.358 e. The molecule has 6 nitrogen and oxygen atoms in total.